The lowest BCUT2D eigenvalue weighted by atomic mass is 10.4. The molecule has 0 aromatic carbocycles. The molecule has 18 heavy (non-hydrogen) atoms. The van der Waals surface area contributed by atoms with Crippen molar-refractivity contribution in [1.82, 2.24) is 0 Å². The van der Waals surface area contributed by atoms with E-state index in [9.17, 15) is 4.79 Å². The summed E-state index contributed by atoms with van der Waals surface area (Å²) in [6.45, 7) is 1.85. The first kappa shape index (κ1) is 14.2. The van der Waals surface area contributed by atoms with Gasteiger partial charge in [0.2, 0.25) is 0 Å². The summed E-state index contributed by atoms with van der Waals surface area (Å²) in [5, 5.41) is 17.0. The molecule has 2 aromatic rings. The van der Waals surface area contributed by atoms with E-state index in [-0.39, 0.29) is 20.4 Å². The summed E-state index contributed by atoms with van der Waals surface area (Å²) in [7, 11) is 0. The average molecular weight is 253 g/mol. The van der Waals surface area contributed by atoms with Gasteiger partial charge in [0.1, 0.15) is 30.5 Å². The summed E-state index contributed by atoms with van der Waals surface area (Å²) >= 11 is 0. The normalized spacial score (nSPS) is 9.72. The van der Waals surface area contributed by atoms with Gasteiger partial charge in [-0.15, -0.1) is 0 Å². The second kappa shape index (κ2) is 7.47. The fourth-order valence-corrected chi connectivity index (χ4v) is 1.24. The SMILES string of the molecule is CCc1ccc(CO)o1.O=Cc1ccc(CO)o1.[H+]. The van der Waals surface area contributed by atoms with Crippen molar-refractivity contribution in [3.8, 4) is 0 Å². The Bertz CT molecular complexity index is 456. The molecule has 0 aliphatic rings. The van der Waals surface area contributed by atoms with Crippen LogP contribution < -0.4 is 0 Å². The van der Waals surface area contributed by atoms with E-state index in [0.29, 0.717) is 17.8 Å². The minimum Gasteiger partial charge on any atom is -0.464 e. The fraction of sp³-hybridized carbons (Fsp3) is 0.308. The average Bonchev–Trinajstić information content (AvgIpc) is 3.07. The maximum absolute atomic E-state index is 9.96. The zero-order chi connectivity index (χ0) is 13.4. The Kier molecular flexibility index (Phi) is 5.90. The Morgan fingerprint density at radius 1 is 1.06 bits per heavy atom. The predicted octanol–water partition coefficient (Wildman–Crippen LogP) is 2.03. The zero-order valence-electron chi connectivity index (χ0n) is 11.1. The Hall–Kier alpha value is -1.85. The number of aliphatic hydroxyl groups excluding tert-OH is 2. The van der Waals surface area contributed by atoms with Crippen LogP contribution in [0.1, 0.15) is 36.2 Å². The van der Waals surface area contributed by atoms with Crippen LogP contribution in [0.15, 0.2) is 33.1 Å². The number of hydrogen-bond acceptors (Lipinski definition) is 5. The van der Waals surface area contributed by atoms with E-state index < -0.39 is 0 Å². The number of aliphatic hydroxyl groups is 2. The molecule has 2 heterocycles. The van der Waals surface area contributed by atoms with Crippen LogP contribution in [0.4, 0.5) is 0 Å². The third-order valence-corrected chi connectivity index (χ3v) is 2.18. The molecule has 0 amide bonds. The third-order valence-electron chi connectivity index (χ3n) is 2.18. The lowest BCUT2D eigenvalue weighted by molar-refractivity contribution is 0.109. The number of aldehydes is 1. The third kappa shape index (κ3) is 4.20. The highest BCUT2D eigenvalue weighted by atomic mass is 16.4. The van der Waals surface area contributed by atoms with Gasteiger partial charge in [-0.3, -0.25) is 4.79 Å². The van der Waals surface area contributed by atoms with E-state index in [0.717, 1.165) is 12.2 Å². The van der Waals surface area contributed by atoms with E-state index >= 15 is 0 Å². The molecular weight excluding hydrogens is 236 g/mol. The van der Waals surface area contributed by atoms with Crippen molar-refractivity contribution in [2.45, 2.75) is 26.6 Å². The van der Waals surface area contributed by atoms with Gasteiger partial charge in [0.15, 0.2) is 12.0 Å². The van der Waals surface area contributed by atoms with Crippen LogP contribution in [0.2, 0.25) is 0 Å². The fourth-order valence-electron chi connectivity index (χ4n) is 1.24. The Morgan fingerprint density at radius 2 is 1.61 bits per heavy atom. The molecule has 0 fully saturated rings. The smallest absolute Gasteiger partial charge is 0.464 e. The van der Waals surface area contributed by atoms with Gasteiger partial charge in [-0.1, -0.05) is 6.92 Å². The number of furan rings is 2. The first-order valence-corrected chi connectivity index (χ1v) is 5.56. The van der Waals surface area contributed by atoms with Crippen LogP contribution in [-0.2, 0) is 19.6 Å². The van der Waals surface area contributed by atoms with Crippen molar-refractivity contribution >= 4 is 6.29 Å². The molecule has 0 radical (unpaired) electrons. The summed E-state index contributed by atoms with van der Waals surface area (Å²) in [5.74, 6) is 2.24. The van der Waals surface area contributed by atoms with Gasteiger partial charge in [-0.25, -0.2) is 0 Å². The Labute approximate surface area is 106 Å². The highest BCUT2D eigenvalue weighted by Crippen LogP contribution is 2.07. The van der Waals surface area contributed by atoms with Crippen LogP contribution >= 0.6 is 0 Å². The highest BCUT2D eigenvalue weighted by Gasteiger charge is 1.96. The molecule has 98 valence electrons. The molecule has 0 saturated carbocycles. The Morgan fingerprint density at radius 3 is 1.94 bits per heavy atom. The number of hydrogen-bond donors (Lipinski definition) is 2. The molecule has 5 nitrogen and oxygen atoms in total. The summed E-state index contributed by atoms with van der Waals surface area (Å²) in [5.41, 5.74) is 0. The predicted molar refractivity (Wildman–Crippen MR) is 65.1 cm³/mol. The monoisotopic (exact) mass is 253 g/mol. The van der Waals surface area contributed by atoms with E-state index in [4.69, 9.17) is 19.0 Å². The maximum atomic E-state index is 9.96. The minimum atomic E-state index is -0.159. The van der Waals surface area contributed by atoms with Crippen LogP contribution in [0.25, 0.3) is 0 Å². The number of aryl methyl sites for hydroxylation is 1. The summed E-state index contributed by atoms with van der Waals surface area (Å²) in [6.07, 6.45) is 1.49. The van der Waals surface area contributed by atoms with Gasteiger partial charge < -0.3 is 19.0 Å². The van der Waals surface area contributed by atoms with E-state index in [2.05, 4.69) is 0 Å². The van der Waals surface area contributed by atoms with Gasteiger partial charge in [-0.05, 0) is 24.3 Å². The van der Waals surface area contributed by atoms with Crippen LogP contribution in [-0.4, -0.2) is 16.5 Å². The molecule has 2 rings (SSSR count). The lowest BCUT2D eigenvalue weighted by Crippen LogP contribution is -1.75. The highest BCUT2D eigenvalue weighted by molar-refractivity contribution is 5.70. The van der Waals surface area contributed by atoms with Gasteiger partial charge in [0, 0.05) is 6.42 Å². The van der Waals surface area contributed by atoms with E-state index in [1.807, 2.05) is 13.0 Å². The minimum absolute atomic E-state index is 0. The van der Waals surface area contributed by atoms with Crippen molar-refractivity contribution < 1.29 is 25.3 Å². The molecule has 0 atom stereocenters. The summed E-state index contributed by atoms with van der Waals surface area (Å²) in [4.78, 5) is 9.96. The first-order chi connectivity index (χ1) is 8.73. The lowest BCUT2D eigenvalue weighted by Gasteiger charge is -1.86. The number of rotatable bonds is 4. The van der Waals surface area contributed by atoms with Crippen LogP contribution in [0.5, 0.6) is 0 Å². The maximum Gasteiger partial charge on any atom is 1.00 e. The van der Waals surface area contributed by atoms with Crippen molar-refractivity contribution in [2.24, 2.45) is 0 Å². The van der Waals surface area contributed by atoms with Gasteiger partial charge in [-0.2, -0.15) is 0 Å². The van der Waals surface area contributed by atoms with Gasteiger partial charge >= 0.3 is 1.43 Å². The molecule has 0 spiro atoms. The number of carbonyl (C=O) groups is 1. The summed E-state index contributed by atoms with van der Waals surface area (Å²) < 4.78 is 9.90. The van der Waals surface area contributed by atoms with E-state index in [1.165, 1.54) is 6.07 Å². The molecule has 2 aromatic heterocycles. The van der Waals surface area contributed by atoms with Crippen molar-refractivity contribution in [2.75, 3.05) is 0 Å². The molecule has 0 aliphatic carbocycles. The van der Waals surface area contributed by atoms with Crippen molar-refractivity contribution in [3.63, 3.8) is 0 Å². The second-order valence-corrected chi connectivity index (χ2v) is 3.46. The molecule has 0 unspecified atom stereocenters. The van der Waals surface area contributed by atoms with Crippen LogP contribution in [0.3, 0.4) is 0 Å². The van der Waals surface area contributed by atoms with Gasteiger partial charge in [0.05, 0.1) is 0 Å². The second-order valence-electron chi connectivity index (χ2n) is 3.46. The van der Waals surface area contributed by atoms with Gasteiger partial charge in [0.25, 0.3) is 0 Å². The zero-order valence-corrected chi connectivity index (χ0v) is 10.1. The quantitative estimate of drug-likeness (QED) is 0.814. The van der Waals surface area contributed by atoms with Crippen molar-refractivity contribution in [1.29, 1.82) is 0 Å². The standard InChI is InChI=1S/C7H10O2.C6H6O3/c1-2-6-3-4-7(5-8)9-6;7-3-5-1-2-6(4-8)9-5/h3-4,8H,2,5H2,1H3;1-3,8H,4H2/p+1. The molecule has 0 bridgehead atoms. The molecular formula is C13H17O5+. The first-order valence-electron chi connectivity index (χ1n) is 5.56. The van der Waals surface area contributed by atoms with Crippen molar-refractivity contribution in [3.05, 3.63) is 47.3 Å². The largest absolute Gasteiger partial charge is 1.00 e. The topological polar surface area (TPSA) is 83.8 Å². The molecule has 5 heteroatoms. The van der Waals surface area contributed by atoms with Crippen LogP contribution in [0, 0.1) is 0 Å². The van der Waals surface area contributed by atoms with E-state index in [1.54, 1.807) is 12.1 Å². The number of carbonyl (C=O) groups excluding carboxylic acids is 1. The molecule has 0 aliphatic heterocycles. The summed E-state index contributed by atoms with van der Waals surface area (Å²) in [6, 6.07) is 6.74. The Balaban J connectivity index is 0.000000324. The molecule has 2 N–H and O–H groups in total. The molecule has 0 saturated heterocycles.